The first-order valence-electron chi connectivity index (χ1n) is 10.9. The average Bonchev–Trinajstić information content (AvgIpc) is 2.72. The van der Waals surface area contributed by atoms with Gasteiger partial charge in [0.15, 0.2) is 0 Å². The number of carbonyl (C=O) groups is 2. The Balaban J connectivity index is 2.48. The van der Waals surface area contributed by atoms with Gasteiger partial charge in [0.25, 0.3) is 0 Å². The standard InChI is InChI=1S/C24H31Cl2N3O4S/c1-6-22(24(31)27-7-2)28(14-18-8-9-20(25)21(26)13-18)23(30)15-29(34(5,32)33)19-11-16(3)10-17(4)12-19/h8-13,22H,6-7,14-15H2,1-5H3,(H,27,31). The van der Waals surface area contributed by atoms with Gasteiger partial charge in [0.1, 0.15) is 12.6 Å². The first-order chi connectivity index (χ1) is 15.9. The average molecular weight is 529 g/mol. The van der Waals surface area contributed by atoms with Crippen LogP contribution in [0, 0.1) is 13.8 Å². The summed E-state index contributed by atoms with van der Waals surface area (Å²) in [6, 6.07) is 9.53. The smallest absolute Gasteiger partial charge is 0.244 e. The number of halogens is 2. The molecule has 0 aliphatic heterocycles. The number of aryl methyl sites for hydroxylation is 2. The van der Waals surface area contributed by atoms with Gasteiger partial charge in [-0.2, -0.15) is 0 Å². The predicted molar refractivity (Wildman–Crippen MR) is 138 cm³/mol. The summed E-state index contributed by atoms with van der Waals surface area (Å²) in [4.78, 5) is 27.8. The van der Waals surface area contributed by atoms with Crippen LogP contribution >= 0.6 is 23.2 Å². The van der Waals surface area contributed by atoms with Crippen molar-refractivity contribution in [2.75, 3.05) is 23.7 Å². The fourth-order valence-electron chi connectivity index (χ4n) is 3.75. The topological polar surface area (TPSA) is 86.8 Å². The summed E-state index contributed by atoms with van der Waals surface area (Å²) in [5.41, 5.74) is 2.81. The highest BCUT2D eigenvalue weighted by molar-refractivity contribution is 7.92. The molecule has 1 N–H and O–H groups in total. The molecule has 1 unspecified atom stereocenters. The number of rotatable bonds is 10. The van der Waals surface area contributed by atoms with E-state index < -0.39 is 28.5 Å². The predicted octanol–water partition coefficient (Wildman–Crippen LogP) is 4.32. The number of carbonyl (C=O) groups excluding carboxylic acids is 2. The van der Waals surface area contributed by atoms with Crippen molar-refractivity contribution in [1.82, 2.24) is 10.2 Å². The number of hydrogen-bond acceptors (Lipinski definition) is 4. The van der Waals surface area contributed by atoms with Crippen LogP contribution in [0.4, 0.5) is 5.69 Å². The number of amides is 2. The van der Waals surface area contributed by atoms with Gasteiger partial charge >= 0.3 is 0 Å². The zero-order valence-electron chi connectivity index (χ0n) is 20.1. The SMILES string of the molecule is CCNC(=O)C(CC)N(Cc1ccc(Cl)c(Cl)c1)C(=O)CN(c1cc(C)cc(C)c1)S(C)(=O)=O. The van der Waals surface area contributed by atoms with Crippen LogP contribution in [0.25, 0.3) is 0 Å². The maximum absolute atomic E-state index is 13.6. The van der Waals surface area contributed by atoms with Gasteiger partial charge in [-0.25, -0.2) is 8.42 Å². The number of anilines is 1. The number of likely N-dealkylation sites (N-methyl/N-ethyl adjacent to an activating group) is 1. The molecule has 0 aliphatic rings. The molecule has 186 valence electrons. The molecule has 0 spiro atoms. The van der Waals surface area contributed by atoms with Gasteiger partial charge in [0.05, 0.1) is 22.0 Å². The molecule has 2 rings (SSSR count). The van der Waals surface area contributed by atoms with Crippen LogP contribution in [0.3, 0.4) is 0 Å². The minimum atomic E-state index is -3.78. The van der Waals surface area contributed by atoms with E-state index >= 15 is 0 Å². The zero-order valence-corrected chi connectivity index (χ0v) is 22.4. The monoisotopic (exact) mass is 527 g/mol. The van der Waals surface area contributed by atoms with Crippen LogP contribution < -0.4 is 9.62 Å². The van der Waals surface area contributed by atoms with E-state index in [2.05, 4.69) is 5.32 Å². The molecule has 0 bridgehead atoms. The van der Waals surface area contributed by atoms with Crippen LogP contribution in [0.2, 0.25) is 10.0 Å². The Hall–Kier alpha value is -2.29. The normalized spacial score (nSPS) is 12.2. The molecular formula is C24H31Cl2N3O4S. The van der Waals surface area contributed by atoms with Gasteiger partial charge in [0, 0.05) is 13.1 Å². The van der Waals surface area contributed by atoms with Crippen LogP contribution in [0.15, 0.2) is 36.4 Å². The molecule has 10 heteroatoms. The van der Waals surface area contributed by atoms with E-state index in [-0.39, 0.29) is 12.5 Å². The van der Waals surface area contributed by atoms with Gasteiger partial charge in [0.2, 0.25) is 21.8 Å². The highest BCUT2D eigenvalue weighted by Crippen LogP contribution is 2.25. The van der Waals surface area contributed by atoms with E-state index in [0.717, 1.165) is 21.7 Å². The number of nitrogens with zero attached hydrogens (tertiary/aromatic N) is 2. The van der Waals surface area contributed by atoms with Crippen molar-refractivity contribution in [3.05, 3.63) is 63.1 Å². The van der Waals surface area contributed by atoms with E-state index in [1.165, 1.54) is 4.90 Å². The lowest BCUT2D eigenvalue weighted by Gasteiger charge is -2.33. The molecule has 0 fully saturated rings. The van der Waals surface area contributed by atoms with E-state index in [9.17, 15) is 18.0 Å². The van der Waals surface area contributed by atoms with Crippen molar-refractivity contribution < 1.29 is 18.0 Å². The Morgan fingerprint density at radius 1 is 1.00 bits per heavy atom. The van der Waals surface area contributed by atoms with E-state index in [1.807, 2.05) is 19.9 Å². The summed E-state index contributed by atoms with van der Waals surface area (Å²) < 4.78 is 26.4. The van der Waals surface area contributed by atoms with Crippen molar-refractivity contribution in [3.8, 4) is 0 Å². The fourth-order valence-corrected chi connectivity index (χ4v) is 4.91. The second-order valence-corrected chi connectivity index (χ2v) is 10.9. The number of benzene rings is 2. The lowest BCUT2D eigenvalue weighted by molar-refractivity contribution is -0.140. The second kappa shape index (κ2) is 11.9. The molecule has 0 saturated carbocycles. The molecule has 0 heterocycles. The Kier molecular flexibility index (Phi) is 9.79. The molecule has 34 heavy (non-hydrogen) atoms. The van der Waals surface area contributed by atoms with Crippen molar-refractivity contribution in [2.45, 2.75) is 46.7 Å². The quantitative estimate of drug-likeness (QED) is 0.498. The van der Waals surface area contributed by atoms with Crippen LogP contribution in [-0.4, -0.2) is 50.5 Å². The van der Waals surface area contributed by atoms with Crippen LogP contribution in [0.1, 0.15) is 37.0 Å². The second-order valence-electron chi connectivity index (χ2n) is 8.20. The maximum atomic E-state index is 13.6. The van der Waals surface area contributed by atoms with E-state index in [4.69, 9.17) is 23.2 Å². The lowest BCUT2D eigenvalue weighted by Crippen LogP contribution is -2.52. The first-order valence-corrected chi connectivity index (χ1v) is 13.5. The zero-order chi connectivity index (χ0) is 25.6. The summed E-state index contributed by atoms with van der Waals surface area (Å²) in [6.45, 7) is 7.33. The van der Waals surface area contributed by atoms with E-state index in [1.54, 1.807) is 44.2 Å². The van der Waals surface area contributed by atoms with E-state index in [0.29, 0.717) is 34.3 Å². The molecule has 0 aromatic heterocycles. The third-order valence-corrected chi connectivity index (χ3v) is 7.13. The highest BCUT2D eigenvalue weighted by Gasteiger charge is 2.31. The minimum Gasteiger partial charge on any atom is -0.355 e. The van der Waals surface area contributed by atoms with Crippen molar-refractivity contribution in [3.63, 3.8) is 0 Å². The summed E-state index contributed by atoms with van der Waals surface area (Å²) in [5, 5.41) is 3.45. The maximum Gasteiger partial charge on any atom is 0.244 e. The van der Waals surface area contributed by atoms with Gasteiger partial charge in [-0.3, -0.25) is 13.9 Å². The van der Waals surface area contributed by atoms with Crippen LogP contribution in [0.5, 0.6) is 0 Å². The molecule has 0 radical (unpaired) electrons. The lowest BCUT2D eigenvalue weighted by atomic mass is 10.1. The number of hydrogen-bond donors (Lipinski definition) is 1. The molecule has 1 atom stereocenters. The first kappa shape index (κ1) is 28.0. The fraction of sp³-hybridized carbons (Fsp3) is 0.417. The molecule has 0 saturated heterocycles. The molecule has 2 aromatic carbocycles. The largest absolute Gasteiger partial charge is 0.355 e. The Morgan fingerprint density at radius 3 is 2.12 bits per heavy atom. The van der Waals surface area contributed by atoms with Crippen molar-refractivity contribution in [2.24, 2.45) is 0 Å². The van der Waals surface area contributed by atoms with Gasteiger partial charge in [-0.05, 0) is 68.1 Å². The third kappa shape index (κ3) is 7.35. The summed E-state index contributed by atoms with van der Waals surface area (Å²) in [5.74, 6) is -0.815. The van der Waals surface area contributed by atoms with Gasteiger partial charge in [-0.15, -0.1) is 0 Å². The van der Waals surface area contributed by atoms with Gasteiger partial charge in [-0.1, -0.05) is 42.3 Å². The Bertz CT molecular complexity index is 1130. The molecule has 2 amide bonds. The third-order valence-electron chi connectivity index (χ3n) is 5.25. The molecule has 0 aliphatic carbocycles. The van der Waals surface area contributed by atoms with Crippen LogP contribution in [-0.2, 0) is 26.2 Å². The van der Waals surface area contributed by atoms with Gasteiger partial charge < -0.3 is 10.2 Å². The molecular weight excluding hydrogens is 497 g/mol. The molecule has 7 nitrogen and oxygen atoms in total. The summed E-state index contributed by atoms with van der Waals surface area (Å²) >= 11 is 12.2. The van der Waals surface area contributed by atoms with Crippen molar-refractivity contribution >= 4 is 50.7 Å². The summed E-state index contributed by atoms with van der Waals surface area (Å²) in [7, 11) is -3.78. The summed E-state index contributed by atoms with van der Waals surface area (Å²) in [6.07, 6.45) is 1.41. The minimum absolute atomic E-state index is 0.0653. The number of nitrogens with one attached hydrogen (secondary N) is 1. The Morgan fingerprint density at radius 2 is 1.62 bits per heavy atom. The van der Waals surface area contributed by atoms with Crippen molar-refractivity contribution in [1.29, 1.82) is 0 Å². The molecule has 2 aromatic rings. The Labute approximate surface area is 212 Å². The number of sulfonamides is 1. The highest BCUT2D eigenvalue weighted by atomic mass is 35.5.